The van der Waals surface area contributed by atoms with Gasteiger partial charge in [0.05, 0.1) is 0 Å². The molecule has 4 nitrogen and oxygen atoms in total. The van der Waals surface area contributed by atoms with Crippen LogP contribution in [0.5, 0.6) is 0 Å². The minimum absolute atomic E-state index is 0.105. The lowest BCUT2D eigenvalue weighted by Gasteiger charge is -2.38. The second-order valence-corrected chi connectivity index (χ2v) is 6.22. The summed E-state index contributed by atoms with van der Waals surface area (Å²) in [5.74, 6) is -0.334. The molecule has 0 aromatic heterocycles. The summed E-state index contributed by atoms with van der Waals surface area (Å²) in [6, 6.07) is 9.71. The van der Waals surface area contributed by atoms with Crippen molar-refractivity contribution in [2.45, 2.75) is 44.7 Å². The van der Waals surface area contributed by atoms with Crippen LogP contribution in [0.1, 0.15) is 39.2 Å². The van der Waals surface area contributed by atoms with E-state index in [0.29, 0.717) is 6.42 Å². The van der Waals surface area contributed by atoms with Gasteiger partial charge in [-0.15, -0.1) is 0 Å². The molecule has 0 saturated heterocycles. The first-order valence-electron chi connectivity index (χ1n) is 7.55. The largest absolute Gasteiger partial charge is 0.368 e. The Bertz CT molecular complexity index is 458. The van der Waals surface area contributed by atoms with E-state index in [1.165, 1.54) is 0 Å². The average Bonchev–Trinajstić information content (AvgIpc) is 2.48. The van der Waals surface area contributed by atoms with Crippen molar-refractivity contribution in [1.29, 1.82) is 0 Å². The molecule has 118 valence electrons. The highest BCUT2D eigenvalue weighted by atomic mass is 16.1. The lowest BCUT2D eigenvalue weighted by molar-refractivity contribution is -0.125. The van der Waals surface area contributed by atoms with Crippen LogP contribution in [0.25, 0.3) is 0 Å². The summed E-state index contributed by atoms with van der Waals surface area (Å²) in [5.41, 5.74) is 5.93. The van der Waals surface area contributed by atoms with Gasteiger partial charge < -0.3 is 16.0 Å². The molecule has 1 aromatic carbocycles. The maximum Gasteiger partial charge on any atom is 0.242 e. The van der Waals surface area contributed by atoms with Crippen LogP contribution in [0.15, 0.2) is 30.3 Å². The molecule has 1 unspecified atom stereocenters. The van der Waals surface area contributed by atoms with E-state index in [-0.39, 0.29) is 11.4 Å². The molecule has 0 aliphatic rings. The van der Waals surface area contributed by atoms with Gasteiger partial charge in [-0.2, -0.15) is 0 Å². The highest BCUT2D eigenvalue weighted by molar-refractivity contribution is 5.86. The molecule has 0 saturated carbocycles. The maximum atomic E-state index is 12.1. The van der Waals surface area contributed by atoms with E-state index in [9.17, 15) is 4.79 Å². The Morgan fingerprint density at radius 2 is 1.86 bits per heavy atom. The number of likely N-dealkylation sites (N-methyl/N-ethyl adjacent to an activating group) is 1. The summed E-state index contributed by atoms with van der Waals surface area (Å²) in [6.45, 7) is 7.38. The molecule has 1 atom stereocenters. The number of primary amides is 1. The van der Waals surface area contributed by atoms with Crippen LogP contribution in [-0.2, 0) is 10.3 Å². The molecule has 0 bridgehead atoms. The van der Waals surface area contributed by atoms with Crippen LogP contribution in [0.4, 0.5) is 0 Å². The van der Waals surface area contributed by atoms with E-state index >= 15 is 0 Å². The van der Waals surface area contributed by atoms with Gasteiger partial charge in [0.25, 0.3) is 0 Å². The molecular weight excluding hydrogens is 262 g/mol. The van der Waals surface area contributed by atoms with Crippen molar-refractivity contribution in [2.75, 3.05) is 20.6 Å². The van der Waals surface area contributed by atoms with Crippen LogP contribution in [0, 0.1) is 0 Å². The van der Waals surface area contributed by atoms with Crippen molar-refractivity contribution in [1.82, 2.24) is 10.2 Å². The molecule has 1 aromatic rings. The summed E-state index contributed by atoms with van der Waals surface area (Å²) in [5, 5.41) is 3.15. The summed E-state index contributed by atoms with van der Waals surface area (Å²) < 4.78 is 0. The fourth-order valence-electron chi connectivity index (χ4n) is 2.43. The van der Waals surface area contributed by atoms with E-state index in [0.717, 1.165) is 18.5 Å². The number of carbonyl (C=O) groups excluding carboxylic acids is 1. The molecule has 1 rings (SSSR count). The number of nitrogens with one attached hydrogen (secondary N) is 1. The quantitative estimate of drug-likeness (QED) is 0.771. The highest BCUT2D eigenvalue weighted by Gasteiger charge is 2.37. The topological polar surface area (TPSA) is 58.4 Å². The Labute approximate surface area is 128 Å². The van der Waals surface area contributed by atoms with Crippen LogP contribution >= 0.6 is 0 Å². The van der Waals surface area contributed by atoms with E-state index < -0.39 is 5.54 Å². The fourth-order valence-corrected chi connectivity index (χ4v) is 2.43. The zero-order chi connectivity index (χ0) is 16.1. The zero-order valence-electron chi connectivity index (χ0n) is 13.9. The molecule has 0 heterocycles. The Hall–Kier alpha value is -1.39. The minimum Gasteiger partial charge on any atom is -0.368 e. The van der Waals surface area contributed by atoms with Crippen LogP contribution < -0.4 is 11.1 Å². The number of hydrogen-bond donors (Lipinski definition) is 2. The summed E-state index contributed by atoms with van der Waals surface area (Å²) in [7, 11) is 3.89. The number of carbonyl (C=O) groups is 1. The fraction of sp³-hybridized carbons (Fsp3) is 0.588. The summed E-state index contributed by atoms with van der Waals surface area (Å²) in [6.07, 6.45) is 1.70. The molecule has 0 spiro atoms. The monoisotopic (exact) mass is 291 g/mol. The van der Waals surface area contributed by atoms with Crippen molar-refractivity contribution in [3.8, 4) is 0 Å². The number of amides is 1. The third kappa shape index (κ3) is 3.83. The normalized spacial score (nSPS) is 15.0. The molecule has 21 heavy (non-hydrogen) atoms. The second-order valence-electron chi connectivity index (χ2n) is 6.22. The summed E-state index contributed by atoms with van der Waals surface area (Å²) in [4.78, 5) is 14.4. The number of nitrogens with two attached hydrogens (primary N) is 1. The van der Waals surface area contributed by atoms with Gasteiger partial charge in [-0.3, -0.25) is 4.79 Å². The standard InChI is InChI=1S/C17H29N3O/c1-6-16(2,3)20(5)13-12-17(19-4,15(18)21)14-10-8-7-9-11-14/h7-11,19H,6,12-13H2,1-5H3,(H2,18,21). The van der Waals surface area contributed by atoms with Crippen LogP contribution in [-0.4, -0.2) is 37.0 Å². The van der Waals surface area contributed by atoms with Gasteiger partial charge in [0.1, 0.15) is 5.54 Å². The van der Waals surface area contributed by atoms with Crippen LogP contribution in [0.3, 0.4) is 0 Å². The molecule has 0 radical (unpaired) electrons. The van der Waals surface area contributed by atoms with E-state index in [4.69, 9.17) is 5.73 Å². The average molecular weight is 291 g/mol. The SMILES string of the molecule is CCC(C)(C)N(C)CCC(NC)(C(N)=O)c1ccccc1. The first kappa shape index (κ1) is 17.7. The summed E-state index contributed by atoms with van der Waals surface area (Å²) >= 11 is 0. The van der Waals surface area contributed by atoms with Gasteiger partial charge in [-0.25, -0.2) is 0 Å². The van der Waals surface area contributed by atoms with Gasteiger partial charge in [0.2, 0.25) is 5.91 Å². The lowest BCUT2D eigenvalue weighted by Crippen LogP contribution is -2.54. The van der Waals surface area contributed by atoms with E-state index in [2.05, 4.69) is 38.0 Å². The molecular formula is C17H29N3O. The van der Waals surface area contributed by atoms with E-state index in [1.54, 1.807) is 7.05 Å². The smallest absolute Gasteiger partial charge is 0.242 e. The first-order chi connectivity index (χ1) is 9.80. The molecule has 0 aliphatic heterocycles. The Kier molecular flexibility index (Phi) is 5.93. The Morgan fingerprint density at radius 3 is 2.29 bits per heavy atom. The zero-order valence-corrected chi connectivity index (χ0v) is 13.9. The minimum atomic E-state index is -0.820. The molecule has 0 fully saturated rings. The van der Waals surface area contributed by atoms with E-state index in [1.807, 2.05) is 30.3 Å². The number of rotatable bonds is 8. The predicted octanol–water partition coefficient (Wildman–Crippen LogP) is 2.10. The van der Waals surface area contributed by atoms with Gasteiger partial charge in [0.15, 0.2) is 0 Å². The van der Waals surface area contributed by atoms with Crippen molar-refractivity contribution < 1.29 is 4.79 Å². The van der Waals surface area contributed by atoms with Crippen molar-refractivity contribution in [3.63, 3.8) is 0 Å². The lowest BCUT2D eigenvalue weighted by atomic mass is 9.85. The van der Waals surface area contributed by atoms with Gasteiger partial charge >= 0.3 is 0 Å². The number of benzene rings is 1. The van der Waals surface area contributed by atoms with Gasteiger partial charge in [-0.1, -0.05) is 37.3 Å². The number of nitrogens with zero attached hydrogens (tertiary/aromatic N) is 1. The third-order valence-corrected chi connectivity index (χ3v) is 4.83. The third-order valence-electron chi connectivity index (χ3n) is 4.83. The molecule has 0 aliphatic carbocycles. The van der Waals surface area contributed by atoms with Crippen molar-refractivity contribution >= 4 is 5.91 Å². The second kappa shape index (κ2) is 7.05. The highest BCUT2D eigenvalue weighted by Crippen LogP contribution is 2.26. The first-order valence-corrected chi connectivity index (χ1v) is 7.55. The molecule has 4 heteroatoms. The maximum absolute atomic E-state index is 12.1. The van der Waals surface area contributed by atoms with Gasteiger partial charge in [-0.05, 0) is 46.3 Å². The van der Waals surface area contributed by atoms with Crippen molar-refractivity contribution in [3.05, 3.63) is 35.9 Å². The van der Waals surface area contributed by atoms with Crippen LogP contribution in [0.2, 0.25) is 0 Å². The molecule has 3 N–H and O–H groups in total. The van der Waals surface area contributed by atoms with Crippen molar-refractivity contribution in [2.24, 2.45) is 5.73 Å². The van der Waals surface area contributed by atoms with Gasteiger partial charge in [0, 0.05) is 12.1 Å². The molecule has 1 amide bonds. The number of hydrogen-bond acceptors (Lipinski definition) is 3. The Morgan fingerprint density at radius 1 is 1.29 bits per heavy atom. The Balaban J connectivity index is 2.98. The predicted molar refractivity (Wildman–Crippen MR) is 88.0 cm³/mol.